The van der Waals surface area contributed by atoms with Gasteiger partial charge in [0, 0.05) is 26.2 Å². The van der Waals surface area contributed by atoms with Crippen molar-refractivity contribution in [1.29, 1.82) is 0 Å². The standard InChI is InChI=1S/C15H24N2O3S/c1-2-9-16-14-5-3-4-6-15(14)21(19,20)17-10-7-13(12-18)8-11-17/h3-6,13,16,18H,2,7-12H2,1H3. The van der Waals surface area contributed by atoms with E-state index in [0.717, 1.165) is 25.8 Å². The maximum Gasteiger partial charge on any atom is 0.245 e. The van der Waals surface area contributed by atoms with Crippen LogP contribution >= 0.6 is 0 Å². The molecule has 0 aromatic heterocycles. The summed E-state index contributed by atoms with van der Waals surface area (Å²) in [5.41, 5.74) is 0.670. The highest BCUT2D eigenvalue weighted by molar-refractivity contribution is 7.89. The van der Waals surface area contributed by atoms with Crippen molar-refractivity contribution in [1.82, 2.24) is 4.31 Å². The van der Waals surface area contributed by atoms with Gasteiger partial charge in [0.05, 0.1) is 5.69 Å². The zero-order chi connectivity index (χ0) is 15.3. The summed E-state index contributed by atoms with van der Waals surface area (Å²) < 4.78 is 27.1. The van der Waals surface area contributed by atoms with E-state index in [-0.39, 0.29) is 12.5 Å². The summed E-state index contributed by atoms with van der Waals surface area (Å²) in [7, 11) is -3.47. The van der Waals surface area contributed by atoms with Crippen molar-refractivity contribution >= 4 is 15.7 Å². The molecule has 0 radical (unpaired) electrons. The number of nitrogens with one attached hydrogen (secondary N) is 1. The minimum Gasteiger partial charge on any atom is -0.396 e. The fourth-order valence-electron chi connectivity index (χ4n) is 2.57. The molecule has 1 heterocycles. The highest BCUT2D eigenvalue weighted by Crippen LogP contribution is 2.28. The van der Waals surface area contributed by atoms with Crippen molar-refractivity contribution in [2.45, 2.75) is 31.1 Å². The molecule has 0 saturated carbocycles. The number of sulfonamides is 1. The molecule has 0 bridgehead atoms. The Morgan fingerprint density at radius 2 is 1.95 bits per heavy atom. The third-order valence-electron chi connectivity index (χ3n) is 3.90. The Bertz CT molecular complexity index is 552. The van der Waals surface area contributed by atoms with Crippen molar-refractivity contribution in [3.8, 4) is 0 Å². The van der Waals surface area contributed by atoms with Crippen molar-refractivity contribution in [2.24, 2.45) is 5.92 Å². The van der Waals surface area contributed by atoms with Gasteiger partial charge in [-0.3, -0.25) is 0 Å². The second-order valence-electron chi connectivity index (χ2n) is 5.45. The summed E-state index contributed by atoms with van der Waals surface area (Å²) in [5, 5.41) is 12.3. The predicted molar refractivity (Wildman–Crippen MR) is 83.8 cm³/mol. The van der Waals surface area contributed by atoms with Crippen LogP contribution in [0.25, 0.3) is 0 Å². The molecule has 0 unspecified atom stereocenters. The number of rotatable bonds is 6. The van der Waals surface area contributed by atoms with E-state index in [0.29, 0.717) is 23.7 Å². The molecule has 5 nitrogen and oxygen atoms in total. The molecule has 2 rings (SSSR count). The lowest BCUT2D eigenvalue weighted by Gasteiger charge is -2.30. The molecule has 0 amide bonds. The van der Waals surface area contributed by atoms with Gasteiger partial charge in [0.1, 0.15) is 4.90 Å². The first-order chi connectivity index (χ1) is 10.1. The first-order valence-corrected chi connectivity index (χ1v) is 8.97. The van der Waals surface area contributed by atoms with Crippen LogP contribution in [0.2, 0.25) is 0 Å². The summed E-state index contributed by atoms with van der Waals surface area (Å²) in [4.78, 5) is 0.348. The molecule has 0 atom stereocenters. The van der Waals surface area contributed by atoms with Gasteiger partial charge in [-0.2, -0.15) is 4.31 Å². The van der Waals surface area contributed by atoms with E-state index in [2.05, 4.69) is 5.32 Å². The number of anilines is 1. The number of nitrogens with zero attached hydrogens (tertiary/aromatic N) is 1. The van der Waals surface area contributed by atoms with E-state index in [1.165, 1.54) is 4.31 Å². The largest absolute Gasteiger partial charge is 0.396 e. The van der Waals surface area contributed by atoms with E-state index in [1.54, 1.807) is 12.1 Å². The third kappa shape index (κ3) is 3.75. The molecule has 21 heavy (non-hydrogen) atoms. The number of hydrogen-bond donors (Lipinski definition) is 2. The Morgan fingerprint density at radius 3 is 2.57 bits per heavy atom. The maximum absolute atomic E-state index is 12.8. The third-order valence-corrected chi connectivity index (χ3v) is 5.86. The maximum atomic E-state index is 12.8. The van der Waals surface area contributed by atoms with Crippen LogP contribution in [0.4, 0.5) is 5.69 Å². The molecule has 0 spiro atoms. The molecule has 1 aromatic carbocycles. The number of benzene rings is 1. The van der Waals surface area contributed by atoms with E-state index in [4.69, 9.17) is 5.11 Å². The van der Waals surface area contributed by atoms with Gasteiger partial charge in [0.25, 0.3) is 0 Å². The van der Waals surface area contributed by atoms with Crippen molar-refractivity contribution in [2.75, 3.05) is 31.6 Å². The molecule has 1 aliphatic heterocycles. The summed E-state index contributed by atoms with van der Waals surface area (Å²) in [5.74, 6) is 0.227. The lowest BCUT2D eigenvalue weighted by molar-refractivity contribution is 0.170. The average Bonchev–Trinajstić information content (AvgIpc) is 2.53. The first-order valence-electron chi connectivity index (χ1n) is 7.53. The van der Waals surface area contributed by atoms with E-state index < -0.39 is 10.0 Å². The monoisotopic (exact) mass is 312 g/mol. The van der Waals surface area contributed by atoms with Gasteiger partial charge in [-0.1, -0.05) is 19.1 Å². The summed E-state index contributed by atoms with van der Waals surface area (Å²) in [6, 6.07) is 7.06. The molecule has 1 aromatic rings. The van der Waals surface area contributed by atoms with Gasteiger partial charge in [0.15, 0.2) is 0 Å². The van der Waals surface area contributed by atoms with Gasteiger partial charge >= 0.3 is 0 Å². The first kappa shape index (κ1) is 16.3. The minimum absolute atomic E-state index is 0.141. The van der Waals surface area contributed by atoms with Crippen LogP contribution in [-0.2, 0) is 10.0 Å². The van der Waals surface area contributed by atoms with E-state index >= 15 is 0 Å². The normalized spacial score (nSPS) is 17.8. The van der Waals surface area contributed by atoms with Gasteiger partial charge < -0.3 is 10.4 Å². The number of aliphatic hydroxyl groups excluding tert-OH is 1. The molecule has 1 saturated heterocycles. The lowest BCUT2D eigenvalue weighted by atomic mass is 10.00. The predicted octanol–water partition coefficient (Wildman–Crippen LogP) is 1.90. The quantitative estimate of drug-likeness (QED) is 0.842. The Morgan fingerprint density at radius 1 is 1.29 bits per heavy atom. The molecular weight excluding hydrogens is 288 g/mol. The summed E-state index contributed by atoms with van der Waals surface area (Å²) in [6.45, 7) is 3.90. The fraction of sp³-hybridized carbons (Fsp3) is 0.600. The van der Waals surface area contributed by atoms with Gasteiger partial charge in [-0.05, 0) is 37.3 Å². The van der Waals surface area contributed by atoms with Crippen LogP contribution < -0.4 is 5.32 Å². The molecule has 1 fully saturated rings. The second kappa shape index (κ2) is 7.24. The SMILES string of the molecule is CCCNc1ccccc1S(=O)(=O)N1CCC(CO)CC1. The molecule has 118 valence electrons. The Labute approximate surface area is 127 Å². The van der Waals surface area contributed by atoms with E-state index in [1.807, 2.05) is 19.1 Å². The van der Waals surface area contributed by atoms with Crippen LogP contribution in [0.5, 0.6) is 0 Å². The van der Waals surface area contributed by atoms with Crippen LogP contribution in [0.15, 0.2) is 29.2 Å². The molecule has 0 aliphatic carbocycles. The van der Waals surface area contributed by atoms with Crippen molar-refractivity contribution in [3.05, 3.63) is 24.3 Å². The Balaban J connectivity index is 2.20. The van der Waals surface area contributed by atoms with Crippen molar-refractivity contribution < 1.29 is 13.5 Å². The molecule has 6 heteroatoms. The van der Waals surface area contributed by atoms with Gasteiger partial charge in [-0.25, -0.2) is 8.42 Å². The fourth-order valence-corrected chi connectivity index (χ4v) is 4.21. The number of aliphatic hydroxyl groups is 1. The van der Waals surface area contributed by atoms with Gasteiger partial charge in [0.2, 0.25) is 10.0 Å². The number of para-hydroxylation sites is 1. The molecule has 1 aliphatic rings. The Hall–Kier alpha value is -1.11. The summed E-state index contributed by atoms with van der Waals surface area (Å²) >= 11 is 0. The van der Waals surface area contributed by atoms with E-state index in [9.17, 15) is 8.42 Å². The van der Waals surface area contributed by atoms with Crippen LogP contribution in [0.1, 0.15) is 26.2 Å². The zero-order valence-electron chi connectivity index (χ0n) is 12.5. The van der Waals surface area contributed by atoms with Crippen LogP contribution in [0.3, 0.4) is 0 Å². The van der Waals surface area contributed by atoms with Crippen LogP contribution in [0, 0.1) is 5.92 Å². The zero-order valence-corrected chi connectivity index (χ0v) is 13.3. The number of hydrogen-bond acceptors (Lipinski definition) is 4. The highest BCUT2D eigenvalue weighted by Gasteiger charge is 2.30. The minimum atomic E-state index is -3.47. The lowest BCUT2D eigenvalue weighted by Crippen LogP contribution is -2.39. The summed E-state index contributed by atoms with van der Waals surface area (Å²) in [6.07, 6.45) is 2.39. The molecular formula is C15H24N2O3S. The average molecular weight is 312 g/mol. The number of piperidine rings is 1. The Kier molecular flexibility index (Phi) is 5.61. The van der Waals surface area contributed by atoms with Crippen LogP contribution in [-0.4, -0.2) is 44.1 Å². The topological polar surface area (TPSA) is 69.6 Å². The second-order valence-corrected chi connectivity index (χ2v) is 7.36. The smallest absolute Gasteiger partial charge is 0.245 e. The molecule has 2 N–H and O–H groups in total. The van der Waals surface area contributed by atoms with Crippen molar-refractivity contribution in [3.63, 3.8) is 0 Å². The van der Waals surface area contributed by atoms with Gasteiger partial charge in [-0.15, -0.1) is 0 Å². The highest BCUT2D eigenvalue weighted by atomic mass is 32.2.